The number of nitrogens with zero attached hydrogens (tertiary/aromatic N) is 2. The van der Waals surface area contributed by atoms with Crippen molar-refractivity contribution in [2.75, 3.05) is 0 Å². The number of aromatic nitrogens is 2. The maximum atomic E-state index is 12.6. The maximum absolute atomic E-state index is 12.6. The van der Waals surface area contributed by atoms with Crippen molar-refractivity contribution in [1.82, 2.24) is 9.13 Å². The molecule has 0 radical (unpaired) electrons. The fraction of sp³-hybridized carbons (Fsp3) is 0.545. The molecule has 1 saturated carbocycles. The molecule has 2 aromatic heterocycles. The monoisotopic (exact) mass is 354 g/mol. The minimum Gasteiger partial charge on any atom is -0.318 e. The summed E-state index contributed by atoms with van der Waals surface area (Å²) in [5.74, 6) is 0.438. The van der Waals surface area contributed by atoms with Crippen molar-refractivity contribution in [1.29, 1.82) is 0 Å². The van der Waals surface area contributed by atoms with Crippen LogP contribution in [0.25, 0.3) is 0 Å². The van der Waals surface area contributed by atoms with Gasteiger partial charge in [0.25, 0.3) is 11.1 Å². The van der Waals surface area contributed by atoms with E-state index in [0.717, 1.165) is 24.0 Å². The van der Waals surface area contributed by atoms with Gasteiger partial charge in [-0.25, -0.2) is 0 Å². The Morgan fingerprint density at radius 2 is 1.77 bits per heavy atom. The van der Waals surface area contributed by atoms with Crippen LogP contribution in [0.4, 0.5) is 0 Å². The van der Waals surface area contributed by atoms with Gasteiger partial charge in [0.05, 0.1) is 0 Å². The SMILES string of the molecule is Cn1cccc(C(C)(C)CC2CC2n2ccc(C(C)(C)C)cc2=O)c1=O. The molecule has 0 saturated heterocycles. The zero-order valence-electron chi connectivity index (χ0n) is 16.7. The highest BCUT2D eigenvalue weighted by Crippen LogP contribution is 2.49. The Labute approximate surface area is 155 Å². The van der Waals surface area contributed by atoms with Gasteiger partial charge < -0.3 is 9.13 Å². The Bertz CT molecular complexity index is 928. The predicted molar refractivity (Wildman–Crippen MR) is 106 cm³/mol. The van der Waals surface area contributed by atoms with E-state index in [0.29, 0.717) is 5.92 Å². The van der Waals surface area contributed by atoms with E-state index < -0.39 is 0 Å². The van der Waals surface area contributed by atoms with Crippen LogP contribution in [0, 0.1) is 5.92 Å². The van der Waals surface area contributed by atoms with E-state index in [1.807, 2.05) is 22.9 Å². The minimum atomic E-state index is -0.204. The van der Waals surface area contributed by atoms with Crippen LogP contribution in [0.15, 0.2) is 46.2 Å². The molecular weight excluding hydrogens is 324 g/mol. The largest absolute Gasteiger partial charge is 0.318 e. The Balaban J connectivity index is 1.78. The zero-order chi connectivity index (χ0) is 19.3. The topological polar surface area (TPSA) is 44.0 Å². The molecular formula is C22H30N2O2. The average molecular weight is 354 g/mol. The van der Waals surface area contributed by atoms with Gasteiger partial charge in [0.1, 0.15) is 0 Å². The molecule has 2 unspecified atom stereocenters. The third kappa shape index (κ3) is 3.55. The van der Waals surface area contributed by atoms with E-state index in [9.17, 15) is 9.59 Å². The molecule has 1 aliphatic carbocycles. The van der Waals surface area contributed by atoms with E-state index >= 15 is 0 Å². The lowest BCUT2D eigenvalue weighted by atomic mass is 9.80. The smallest absolute Gasteiger partial charge is 0.254 e. The minimum absolute atomic E-state index is 0.0173. The first kappa shape index (κ1) is 18.7. The third-order valence-corrected chi connectivity index (χ3v) is 5.68. The Kier molecular flexibility index (Phi) is 4.50. The van der Waals surface area contributed by atoms with Crippen molar-refractivity contribution in [3.63, 3.8) is 0 Å². The molecule has 2 heterocycles. The highest BCUT2D eigenvalue weighted by Gasteiger charge is 2.43. The number of hydrogen-bond donors (Lipinski definition) is 0. The summed E-state index contributed by atoms with van der Waals surface area (Å²) >= 11 is 0. The third-order valence-electron chi connectivity index (χ3n) is 5.68. The molecule has 0 amide bonds. The van der Waals surface area contributed by atoms with Crippen LogP contribution in [-0.2, 0) is 17.9 Å². The van der Waals surface area contributed by atoms with Crippen LogP contribution in [0.3, 0.4) is 0 Å². The summed E-state index contributed by atoms with van der Waals surface area (Å²) in [5.41, 5.74) is 1.86. The molecule has 0 bridgehead atoms. The van der Waals surface area contributed by atoms with Crippen molar-refractivity contribution >= 4 is 0 Å². The molecule has 4 heteroatoms. The average Bonchev–Trinajstić information content (AvgIpc) is 3.26. The van der Waals surface area contributed by atoms with Crippen molar-refractivity contribution < 1.29 is 0 Å². The molecule has 3 rings (SSSR count). The number of rotatable bonds is 4. The second-order valence-electron chi connectivity index (χ2n) is 9.40. The van der Waals surface area contributed by atoms with Crippen LogP contribution < -0.4 is 11.1 Å². The normalized spacial score (nSPS) is 20.2. The lowest BCUT2D eigenvalue weighted by Gasteiger charge is -2.25. The van der Waals surface area contributed by atoms with Gasteiger partial charge >= 0.3 is 0 Å². The first-order valence-electron chi connectivity index (χ1n) is 9.39. The first-order valence-corrected chi connectivity index (χ1v) is 9.39. The Morgan fingerprint density at radius 1 is 1.08 bits per heavy atom. The fourth-order valence-corrected chi connectivity index (χ4v) is 3.90. The Hall–Kier alpha value is -2.10. The summed E-state index contributed by atoms with van der Waals surface area (Å²) in [7, 11) is 1.79. The van der Waals surface area contributed by atoms with Crippen molar-refractivity contribution in [2.45, 2.75) is 64.3 Å². The summed E-state index contributed by atoms with van der Waals surface area (Å²) in [6, 6.07) is 7.95. The van der Waals surface area contributed by atoms with Gasteiger partial charge in [-0.05, 0) is 47.3 Å². The van der Waals surface area contributed by atoms with Gasteiger partial charge in [0, 0.05) is 37.1 Å². The lowest BCUT2D eigenvalue weighted by molar-refractivity contribution is 0.421. The molecule has 2 atom stereocenters. The van der Waals surface area contributed by atoms with Crippen LogP contribution in [0.1, 0.15) is 64.6 Å². The quantitative estimate of drug-likeness (QED) is 0.839. The maximum Gasteiger partial charge on any atom is 0.254 e. The van der Waals surface area contributed by atoms with Crippen LogP contribution in [-0.4, -0.2) is 9.13 Å². The molecule has 1 aliphatic rings. The number of pyridine rings is 2. The number of aryl methyl sites for hydroxylation is 1. The van der Waals surface area contributed by atoms with E-state index in [4.69, 9.17) is 0 Å². The molecule has 26 heavy (non-hydrogen) atoms. The molecule has 2 aromatic rings. The van der Waals surface area contributed by atoms with Crippen molar-refractivity contribution in [3.05, 3.63) is 68.5 Å². The summed E-state index contributed by atoms with van der Waals surface area (Å²) in [4.78, 5) is 25.0. The molecule has 140 valence electrons. The lowest BCUT2D eigenvalue weighted by Crippen LogP contribution is -2.31. The van der Waals surface area contributed by atoms with E-state index in [-0.39, 0.29) is 28.0 Å². The highest BCUT2D eigenvalue weighted by molar-refractivity contribution is 5.23. The molecule has 0 spiro atoms. The van der Waals surface area contributed by atoms with Crippen LogP contribution >= 0.6 is 0 Å². The van der Waals surface area contributed by atoms with E-state index in [1.165, 1.54) is 0 Å². The van der Waals surface area contributed by atoms with E-state index in [2.05, 4.69) is 40.7 Å². The summed E-state index contributed by atoms with van der Waals surface area (Å²) in [5, 5.41) is 0. The predicted octanol–water partition coefficient (Wildman–Crippen LogP) is 3.77. The second kappa shape index (κ2) is 6.26. The van der Waals surface area contributed by atoms with Gasteiger partial charge in [-0.3, -0.25) is 9.59 Å². The highest BCUT2D eigenvalue weighted by atomic mass is 16.1. The Morgan fingerprint density at radius 3 is 2.38 bits per heavy atom. The van der Waals surface area contributed by atoms with Gasteiger partial charge in [-0.15, -0.1) is 0 Å². The second-order valence-corrected chi connectivity index (χ2v) is 9.40. The first-order chi connectivity index (χ1) is 12.0. The number of hydrogen-bond acceptors (Lipinski definition) is 2. The van der Waals surface area contributed by atoms with Crippen LogP contribution in [0.5, 0.6) is 0 Å². The standard InChI is InChI=1S/C22H30N2O2/c1-21(2,3)16-9-11-24(19(25)13-16)18-12-15(18)14-22(4,5)17-8-7-10-23(6)20(17)26/h7-11,13,15,18H,12,14H2,1-6H3. The summed E-state index contributed by atoms with van der Waals surface area (Å²) < 4.78 is 3.51. The van der Waals surface area contributed by atoms with Crippen LogP contribution in [0.2, 0.25) is 0 Å². The van der Waals surface area contributed by atoms with Crippen molar-refractivity contribution in [2.24, 2.45) is 13.0 Å². The van der Waals surface area contributed by atoms with Gasteiger partial charge in [-0.1, -0.05) is 40.7 Å². The molecule has 4 nitrogen and oxygen atoms in total. The van der Waals surface area contributed by atoms with E-state index in [1.54, 1.807) is 23.9 Å². The molecule has 0 aliphatic heterocycles. The fourth-order valence-electron chi connectivity index (χ4n) is 3.90. The molecule has 1 fully saturated rings. The summed E-state index contributed by atoms with van der Waals surface area (Å²) in [6.45, 7) is 10.6. The van der Waals surface area contributed by atoms with Crippen molar-refractivity contribution in [3.8, 4) is 0 Å². The molecule has 0 aromatic carbocycles. The molecule has 0 N–H and O–H groups in total. The van der Waals surface area contributed by atoms with Gasteiger partial charge in [-0.2, -0.15) is 0 Å². The zero-order valence-corrected chi connectivity index (χ0v) is 16.7. The summed E-state index contributed by atoms with van der Waals surface area (Å²) in [6.07, 6.45) is 5.65. The van der Waals surface area contributed by atoms with Gasteiger partial charge in [0.2, 0.25) is 0 Å². The van der Waals surface area contributed by atoms with Gasteiger partial charge in [0.15, 0.2) is 0 Å².